The predicted octanol–water partition coefficient (Wildman–Crippen LogP) is 10.1. The van der Waals surface area contributed by atoms with Crippen molar-refractivity contribution < 1.29 is 130 Å². The quantitative estimate of drug-likeness (QED) is 0.0432. The Morgan fingerprint density at radius 3 is 1.37 bits per heavy atom. The molecule has 0 spiro atoms. The van der Waals surface area contributed by atoms with Gasteiger partial charge in [0.2, 0.25) is 0 Å². The fourth-order valence-electron chi connectivity index (χ4n) is 20.5. The lowest BCUT2D eigenvalue weighted by molar-refractivity contribution is -0.335. The number of fused-ring (bicyclic) bond motifs is 10. The number of ether oxygens (including phenoxy) is 11. The van der Waals surface area contributed by atoms with Gasteiger partial charge in [0.25, 0.3) is 0 Å². The minimum atomic E-state index is -1.94. The SMILES string of the molecule is CC(=O)OC1C(=O)[C@@]2(C)[C@H]([C@H](OC(=O)c3ccccc3)C3C[C@H](OC(=O)[C@H](O)[C@@H](NC(=O)OC(C)(C)C)[C@H]4CC4(C)C)C(C)=C1C3(C)C)[C@]1(OC(C)=O)CC[C@@H]1C[C@@H]2O.CCC(=O)OC1C(=O)[C@@]2(C)[C@H]([C@H](OC(=O)c3ccccc3)C3C[C@H](OC(=O)[C@H](O)[C@H](C=C(C)C)NC(=O)OC(C)(C)C)C(C)=C1C3(C)C)[C@]1(OC(C)=O)CO[C@@H]1C[C@@H]2O. The maximum atomic E-state index is 15.5. The summed E-state index contributed by atoms with van der Waals surface area (Å²) >= 11 is 0. The number of rotatable bonds is 19. The molecular formula is C89H120N2O27. The van der Waals surface area contributed by atoms with Crippen LogP contribution in [0, 0.1) is 62.6 Å². The zero-order valence-corrected chi connectivity index (χ0v) is 71.9. The zero-order valence-electron chi connectivity index (χ0n) is 71.9. The van der Waals surface area contributed by atoms with Gasteiger partial charge in [0.15, 0.2) is 41.6 Å². The Morgan fingerprint density at radius 1 is 0.559 bits per heavy atom. The van der Waals surface area contributed by atoms with Crippen molar-refractivity contribution in [2.24, 2.45) is 62.6 Å². The summed E-state index contributed by atoms with van der Waals surface area (Å²) in [5, 5.41) is 52.5. The second-order valence-electron chi connectivity index (χ2n) is 38.0. The number of aliphatic hydroxyl groups is 4. The van der Waals surface area contributed by atoms with E-state index >= 15 is 9.59 Å². The van der Waals surface area contributed by atoms with Crippen molar-refractivity contribution in [1.29, 1.82) is 0 Å². The summed E-state index contributed by atoms with van der Waals surface area (Å²) in [6.07, 6.45) is -14.4. The molecule has 23 atom stereocenters. The Kier molecular flexibility index (Phi) is 26.0. The smallest absolute Gasteiger partial charge is 0.408 e. The topological polar surface area (TPSA) is 411 Å². The number of Topliss-reactive ketones (excluding diaryl/α,β-unsaturated/α-hetero) is 2. The molecule has 118 heavy (non-hydrogen) atoms. The molecular weight excluding hydrogens is 1530 g/mol. The summed E-state index contributed by atoms with van der Waals surface area (Å²) in [6.45, 7) is 36.1. The van der Waals surface area contributed by atoms with Crippen molar-refractivity contribution in [3.8, 4) is 0 Å². The summed E-state index contributed by atoms with van der Waals surface area (Å²) in [5.74, 6) is -12.6. The first-order chi connectivity index (χ1) is 54.6. The minimum Gasteiger partial charge on any atom is -0.458 e. The molecule has 11 rings (SSSR count). The number of amides is 2. The van der Waals surface area contributed by atoms with Crippen LogP contribution in [0.15, 0.2) is 94.6 Å². The van der Waals surface area contributed by atoms with Crippen LogP contribution < -0.4 is 10.6 Å². The van der Waals surface area contributed by atoms with E-state index in [1.165, 1.54) is 33.8 Å². The number of hydrogen-bond donors (Lipinski definition) is 6. The van der Waals surface area contributed by atoms with Gasteiger partial charge in [-0.25, -0.2) is 28.8 Å². The highest BCUT2D eigenvalue weighted by atomic mass is 16.6. The average molecular weight is 1650 g/mol. The molecule has 1 heterocycles. The van der Waals surface area contributed by atoms with Gasteiger partial charge in [-0.05, 0) is 190 Å². The van der Waals surface area contributed by atoms with Crippen LogP contribution in [0.2, 0.25) is 0 Å². The number of aliphatic hydroxyl groups excluding tert-OH is 4. The van der Waals surface area contributed by atoms with Crippen molar-refractivity contribution >= 4 is 71.5 Å². The van der Waals surface area contributed by atoms with Gasteiger partial charge in [-0.2, -0.15) is 0 Å². The predicted molar refractivity (Wildman–Crippen MR) is 422 cm³/mol. The van der Waals surface area contributed by atoms with Crippen LogP contribution in [-0.4, -0.2) is 200 Å². The first-order valence-electron chi connectivity index (χ1n) is 40.8. The first kappa shape index (κ1) is 91.4. The molecule has 6 saturated carbocycles. The third-order valence-electron chi connectivity index (χ3n) is 26.4. The molecule has 1 aliphatic heterocycles. The number of nitrogens with one attached hydrogen (secondary N) is 2. The lowest BCUT2D eigenvalue weighted by Crippen LogP contribution is -2.79. The summed E-state index contributed by atoms with van der Waals surface area (Å²) in [5.41, 5.74) is -8.48. The number of hydrogen-bond acceptors (Lipinski definition) is 27. The van der Waals surface area contributed by atoms with E-state index in [1.807, 2.05) is 27.7 Å². The van der Waals surface area contributed by atoms with Crippen LogP contribution in [0.5, 0.6) is 0 Å². The molecule has 4 bridgehead atoms. The van der Waals surface area contributed by atoms with Gasteiger partial charge in [-0.3, -0.25) is 28.8 Å². The number of carbonyl (C=O) groups excluding carboxylic acids is 12. The number of esters is 8. The largest absolute Gasteiger partial charge is 0.458 e. The second-order valence-corrected chi connectivity index (χ2v) is 38.0. The van der Waals surface area contributed by atoms with Crippen molar-refractivity contribution in [2.75, 3.05) is 6.61 Å². The van der Waals surface area contributed by atoms with E-state index in [-0.39, 0.29) is 72.7 Å². The number of allylic oxidation sites excluding steroid dienone is 1. The molecule has 2 aromatic rings. The van der Waals surface area contributed by atoms with Gasteiger partial charge in [0.05, 0.1) is 64.7 Å². The molecule has 29 nitrogen and oxygen atoms in total. The average Bonchev–Trinajstić information content (AvgIpc) is 0.898. The number of ketones is 2. The zero-order chi connectivity index (χ0) is 87.8. The van der Waals surface area contributed by atoms with Crippen LogP contribution in [0.1, 0.15) is 224 Å². The summed E-state index contributed by atoms with van der Waals surface area (Å²) in [4.78, 5) is 166. The summed E-state index contributed by atoms with van der Waals surface area (Å²) in [7, 11) is 0. The third-order valence-corrected chi connectivity index (χ3v) is 26.4. The molecule has 7 fully saturated rings. The Hall–Kier alpha value is -8.90. The van der Waals surface area contributed by atoms with Gasteiger partial charge in [-0.1, -0.05) is 96.5 Å². The first-order valence-corrected chi connectivity index (χ1v) is 40.8. The molecule has 0 aromatic heterocycles. The molecule has 29 heteroatoms. The highest BCUT2D eigenvalue weighted by molar-refractivity contribution is 5.97. The maximum absolute atomic E-state index is 15.5. The molecule has 648 valence electrons. The molecule has 0 radical (unpaired) electrons. The second kappa shape index (κ2) is 33.6. The highest BCUT2D eigenvalue weighted by Crippen LogP contribution is 2.68. The van der Waals surface area contributed by atoms with Gasteiger partial charge in [-0.15, -0.1) is 0 Å². The van der Waals surface area contributed by atoms with Gasteiger partial charge in [0.1, 0.15) is 47.3 Å². The number of alkyl carbamates (subject to hydrolysis) is 2. The van der Waals surface area contributed by atoms with E-state index < -0.39 is 218 Å². The van der Waals surface area contributed by atoms with Crippen LogP contribution in [-0.2, 0) is 90.5 Å². The van der Waals surface area contributed by atoms with E-state index in [0.717, 1.165) is 0 Å². The normalized spacial score (nSPS) is 33.5. The van der Waals surface area contributed by atoms with Crippen molar-refractivity contribution in [1.82, 2.24) is 10.6 Å². The Balaban J connectivity index is 0.000000249. The lowest BCUT2D eigenvalue weighted by Gasteiger charge is -2.66. The van der Waals surface area contributed by atoms with E-state index in [9.17, 15) is 68.4 Å². The van der Waals surface area contributed by atoms with E-state index in [1.54, 1.807) is 158 Å². The van der Waals surface area contributed by atoms with Crippen LogP contribution in [0.25, 0.3) is 0 Å². The minimum absolute atomic E-state index is 0.00289. The molecule has 8 aliphatic carbocycles. The van der Waals surface area contributed by atoms with Gasteiger partial charge in [0, 0.05) is 51.4 Å². The fraction of sp³-hybridized carbons (Fsp3) is 0.663. The number of carbonyl (C=O) groups is 12. The highest BCUT2D eigenvalue weighted by Gasteiger charge is 2.78. The Morgan fingerprint density at radius 2 is 0.983 bits per heavy atom. The van der Waals surface area contributed by atoms with Gasteiger partial charge >= 0.3 is 59.9 Å². The van der Waals surface area contributed by atoms with E-state index in [0.29, 0.717) is 41.6 Å². The van der Waals surface area contributed by atoms with Crippen molar-refractivity contribution in [2.45, 2.75) is 305 Å². The Labute approximate surface area is 689 Å². The molecule has 9 aliphatic rings. The molecule has 1 saturated heterocycles. The molecule has 2 amide bonds. The fourth-order valence-corrected chi connectivity index (χ4v) is 20.5. The van der Waals surface area contributed by atoms with Crippen molar-refractivity contribution in [3.05, 3.63) is 106 Å². The van der Waals surface area contributed by atoms with E-state index in [4.69, 9.17) is 52.1 Å². The summed E-state index contributed by atoms with van der Waals surface area (Å²) < 4.78 is 66.5. The summed E-state index contributed by atoms with van der Waals surface area (Å²) in [6, 6.07) is 14.1. The van der Waals surface area contributed by atoms with Crippen molar-refractivity contribution in [3.63, 3.8) is 0 Å². The lowest BCUT2D eigenvalue weighted by atomic mass is 9.41. The van der Waals surface area contributed by atoms with Crippen LogP contribution in [0.3, 0.4) is 0 Å². The van der Waals surface area contributed by atoms with E-state index in [2.05, 4.69) is 10.6 Å². The Bertz CT molecular complexity index is 4350. The van der Waals surface area contributed by atoms with Gasteiger partial charge < -0.3 is 83.2 Å². The van der Waals surface area contributed by atoms with Crippen LogP contribution in [0.4, 0.5) is 9.59 Å². The maximum Gasteiger partial charge on any atom is 0.408 e. The molecule has 4 unspecified atom stereocenters. The molecule has 2 aromatic carbocycles. The number of benzene rings is 2. The molecule has 6 N–H and O–H groups in total. The van der Waals surface area contributed by atoms with Crippen LogP contribution >= 0.6 is 0 Å². The monoisotopic (exact) mass is 1650 g/mol. The third kappa shape index (κ3) is 17.6. The standard InChI is InChI=1S/C45H61NO13.C44H59NO14/c1-22-29(56-39(53)33(50)32(28-21-42(28,7)8)46-40(54)59-41(4,5)6)20-27-34(57-38(52)25-15-13-12-14-16-25)36-44(11,30(49)19-26-17-18-45(26,36)58-24(3)48)37(51)35(55-23(2)47)31(22)43(27,9)10;1-12-31(48)56-35-32-23(4)28(55-39(52)33(49)27(18-22(2)3)45-40(53)59-41(6,7)8)19-26(42(32,9)10)34(57-38(51)25-16-14-13-15-17-25)36-43(11,37(35)50)29(47)20-30-44(36,21-54-30)58-24(5)46/h12-16,26-30,32-36,49-50H,17-21H2,1-11H3,(H,46,54);13-18,26-30,33-36,47,49H,12,19-21H2,1-11H3,(H,45,53)/t26-,27?,28-,29+,30+,32+,33-,34-,35?,36+,44-,45+;26?,27-,28-,29-,30+,33+,34+,35?,36-,43+,44-/m10/s1.